The lowest BCUT2D eigenvalue weighted by atomic mass is 10.1. The Kier molecular flexibility index (Phi) is 18.8. The summed E-state index contributed by atoms with van der Waals surface area (Å²) in [6.07, 6.45) is 13.7. The molecular weight excluding hydrogens is 795 g/mol. The van der Waals surface area contributed by atoms with E-state index in [1.165, 1.54) is 58.2 Å². The summed E-state index contributed by atoms with van der Waals surface area (Å²) < 4.78 is 69.5. The number of quaternary nitrogens is 1. The van der Waals surface area contributed by atoms with Gasteiger partial charge < -0.3 is 14.4 Å². The molecule has 0 atom stereocenters. The number of hydrogen-bond donors (Lipinski definition) is 2. The first-order valence-corrected chi connectivity index (χ1v) is 25.3. The van der Waals surface area contributed by atoms with Crippen LogP contribution >= 0.6 is 23.1 Å². The van der Waals surface area contributed by atoms with E-state index in [-0.39, 0.29) is 18.6 Å². The maximum absolute atomic E-state index is 11.5. The van der Waals surface area contributed by atoms with E-state index in [1.807, 2.05) is 36.1 Å². The highest BCUT2D eigenvalue weighted by Gasteiger charge is 2.26. The third-order valence-corrected chi connectivity index (χ3v) is 13.8. The first kappa shape index (κ1) is 46.6. The van der Waals surface area contributed by atoms with E-state index < -0.39 is 26.0 Å². The minimum absolute atomic E-state index is 0.218. The summed E-state index contributed by atoms with van der Waals surface area (Å²) in [6, 6.07) is 22.5. The van der Waals surface area contributed by atoms with E-state index in [0.29, 0.717) is 13.1 Å². The molecule has 0 aliphatic carbocycles. The Labute approximate surface area is 350 Å². The molecule has 5 rings (SSSR count). The van der Waals surface area contributed by atoms with E-state index in [4.69, 9.17) is 0 Å². The number of aromatic nitrogens is 1. The normalized spacial score (nSPS) is 14.1. The van der Waals surface area contributed by atoms with Gasteiger partial charge in [-0.05, 0) is 85.6 Å². The molecule has 312 valence electrons. The number of thiazole rings is 1. The van der Waals surface area contributed by atoms with Crippen molar-refractivity contribution < 1.29 is 35.4 Å². The summed E-state index contributed by atoms with van der Waals surface area (Å²) in [5.41, 5.74) is 6.24. The van der Waals surface area contributed by atoms with Gasteiger partial charge in [-0.25, -0.2) is 8.42 Å². The lowest BCUT2D eigenvalue weighted by Gasteiger charge is -2.21. The van der Waals surface area contributed by atoms with Crippen LogP contribution in [-0.4, -0.2) is 63.6 Å². The van der Waals surface area contributed by atoms with E-state index in [1.54, 1.807) is 23.1 Å². The number of fused-ring (bicyclic) bond motifs is 2. The average Bonchev–Trinajstić information content (AvgIpc) is 3.69. The quantitative estimate of drug-likeness (QED) is 0.0630. The van der Waals surface area contributed by atoms with Gasteiger partial charge in [0.05, 0.1) is 46.2 Å². The Morgan fingerprint density at radius 1 is 0.825 bits per heavy atom. The molecule has 0 unspecified atom stereocenters. The van der Waals surface area contributed by atoms with Crippen LogP contribution in [0.4, 0.5) is 5.69 Å². The zero-order valence-corrected chi connectivity index (χ0v) is 37.6. The monoisotopic (exact) mass is 856 g/mol. The van der Waals surface area contributed by atoms with Gasteiger partial charge >= 0.3 is 0 Å². The second kappa shape index (κ2) is 22.9. The molecule has 0 fully saturated rings. The molecule has 0 saturated carbocycles. The fourth-order valence-corrected chi connectivity index (χ4v) is 10.1. The van der Waals surface area contributed by atoms with Gasteiger partial charge in [0.15, 0.2) is 6.54 Å². The molecule has 13 heteroatoms. The molecule has 3 aromatic carbocycles. The molecule has 2 N–H and O–H groups in total. The van der Waals surface area contributed by atoms with Crippen molar-refractivity contribution >= 4 is 65.3 Å². The molecule has 1 aliphatic heterocycles. The Hall–Kier alpha value is -3.04. The maximum atomic E-state index is 11.5. The van der Waals surface area contributed by atoms with Gasteiger partial charge in [0.1, 0.15) is 4.70 Å². The Morgan fingerprint density at radius 2 is 1.49 bits per heavy atom. The third kappa shape index (κ3) is 15.3. The van der Waals surface area contributed by atoms with Gasteiger partial charge in [0, 0.05) is 35.8 Å². The average molecular weight is 857 g/mol. The highest BCUT2D eigenvalue weighted by molar-refractivity contribution is 8.03. The number of nitrogens with one attached hydrogen (secondary N) is 1. The molecule has 4 aromatic rings. The summed E-state index contributed by atoms with van der Waals surface area (Å²) in [5.74, 6) is -0.749. The van der Waals surface area contributed by atoms with Crippen LogP contribution in [0.25, 0.3) is 27.4 Å². The van der Waals surface area contributed by atoms with Crippen LogP contribution in [0.15, 0.2) is 88.3 Å². The van der Waals surface area contributed by atoms with Gasteiger partial charge in [-0.15, -0.1) is 0 Å². The van der Waals surface area contributed by atoms with Crippen molar-refractivity contribution in [2.75, 3.05) is 42.6 Å². The van der Waals surface area contributed by atoms with Crippen molar-refractivity contribution in [3.63, 3.8) is 0 Å². The van der Waals surface area contributed by atoms with Crippen LogP contribution < -0.4 is 14.4 Å². The maximum Gasteiger partial charge on any atom is 0.265 e. The van der Waals surface area contributed by atoms with E-state index >= 15 is 0 Å². The van der Waals surface area contributed by atoms with Gasteiger partial charge in [0.2, 0.25) is 5.52 Å². The van der Waals surface area contributed by atoms with Crippen molar-refractivity contribution in [3.05, 3.63) is 94.0 Å². The zero-order valence-electron chi connectivity index (χ0n) is 34.3. The fraction of sp³-hybridized carbons (Fsp3) is 0.477. The minimum atomic E-state index is -4.31. The first-order valence-electron chi connectivity index (χ1n) is 20.5. The van der Waals surface area contributed by atoms with Crippen LogP contribution in [0.5, 0.6) is 0 Å². The molecule has 2 heterocycles. The van der Waals surface area contributed by atoms with Gasteiger partial charge in [-0.1, -0.05) is 113 Å². The Morgan fingerprint density at radius 3 is 2.09 bits per heavy atom. The number of anilines is 1. The number of rotatable bonds is 21. The smallest absolute Gasteiger partial charge is 0.265 e. The highest BCUT2D eigenvalue weighted by Crippen LogP contribution is 2.47. The van der Waals surface area contributed by atoms with Crippen molar-refractivity contribution in [3.8, 4) is 11.1 Å². The van der Waals surface area contributed by atoms with Crippen LogP contribution in [0, 0.1) is 6.92 Å². The summed E-state index contributed by atoms with van der Waals surface area (Å²) in [6.45, 7) is 15.9. The Bertz CT molecular complexity index is 2150. The number of thioether (sulfide) groups is 1. The second-order valence-corrected chi connectivity index (χ2v) is 20.0. The van der Waals surface area contributed by atoms with Crippen LogP contribution in [0.1, 0.15) is 96.1 Å². The molecule has 0 amide bonds. The molecule has 1 aliphatic rings. The molecule has 0 bridgehead atoms. The van der Waals surface area contributed by atoms with Crippen molar-refractivity contribution in [2.24, 2.45) is 0 Å². The number of unbranched alkanes of at least 4 members (excludes halogenated alkanes) is 3. The van der Waals surface area contributed by atoms with Gasteiger partial charge in [0.25, 0.3) is 15.1 Å². The van der Waals surface area contributed by atoms with Crippen molar-refractivity contribution in [2.45, 2.75) is 104 Å². The lowest BCUT2D eigenvalue weighted by Crippen LogP contribution is -3.12. The number of nitrogens with zero attached hydrogens (tertiary/aromatic N) is 2. The van der Waals surface area contributed by atoms with Gasteiger partial charge in [-0.3, -0.25) is 4.55 Å². The highest BCUT2D eigenvalue weighted by atomic mass is 32.2. The summed E-state index contributed by atoms with van der Waals surface area (Å²) in [5, 5.41) is 1.90. The first-order chi connectivity index (χ1) is 27.2. The zero-order chi connectivity index (χ0) is 41.4. The van der Waals surface area contributed by atoms with E-state index in [9.17, 15) is 25.9 Å². The number of aryl methyl sites for hydroxylation is 2. The summed E-state index contributed by atoms with van der Waals surface area (Å²) >= 11 is 3.23. The van der Waals surface area contributed by atoms with Gasteiger partial charge in [-0.2, -0.15) is 13.0 Å². The van der Waals surface area contributed by atoms with E-state index in [2.05, 4.69) is 91.8 Å². The van der Waals surface area contributed by atoms with Crippen LogP contribution in [0.2, 0.25) is 0 Å². The number of hydrogen-bond acceptors (Lipinski definition) is 8. The largest absolute Gasteiger partial charge is 0.748 e. The van der Waals surface area contributed by atoms with E-state index in [0.717, 1.165) is 59.5 Å². The summed E-state index contributed by atoms with van der Waals surface area (Å²) in [7, 11) is -8.40. The topological polar surface area (TPSA) is 123 Å². The third-order valence-electron chi connectivity index (χ3n) is 9.96. The minimum Gasteiger partial charge on any atom is -0.748 e. The SMILES string of the molecule is CCC(/C=C1\Sc2ccc(C)cc2N1CCCS(=O)(=O)[O-])=C\c1sc2ccc(-c3ccccc3)cc2[n+]1CCCS(=O)(=O)O.CCCC[NH+](CCCC)CCCC. The second-order valence-electron chi connectivity index (χ2n) is 14.7. The number of benzene rings is 3. The fourth-order valence-electron chi connectivity index (χ4n) is 6.82. The van der Waals surface area contributed by atoms with Crippen LogP contribution in [-0.2, 0) is 26.8 Å². The molecule has 0 radical (unpaired) electrons. The lowest BCUT2D eigenvalue weighted by molar-refractivity contribution is -0.900. The summed E-state index contributed by atoms with van der Waals surface area (Å²) in [4.78, 5) is 4.99. The predicted molar refractivity (Wildman–Crippen MR) is 239 cm³/mol. The van der Waals surface area contributed by atoms with Crippen molar-refractivity contribution in [1.82, 2.24) is 0 Å². The molecular formula is C44H62N3O6S4+. The molecule has 0 saturated heterocycles. The Balaban J connectivity index is 0.000000476. The van der Waals surface area contributed by atoms with Crippen LogP contribution in [0.3, 0.4) is 0 Å². The predicted octanol–water partition coefficient (Wildman–Crippen LogP) is 8.90. The molecule has 57 heavy (non-hydrogen) atoms. The standard InChI is InChI=1S/C32H34N2O6S4.C12H27N/c1-3-24(20-31-33(15-7-17-43(35,36)37)27-19-23(2)11-13-29(27)41-31)21-32-34(16-8-18-44(38,39)40)28-22-26(12-14-30(28)42-32)25-9-5-4-6-10-25;1-4-7-10-13(11-8-5-2)12-9-6-3/h4-6,9-14,19-22H,3,7-8,15-18H2,1-2H3,(H-,35,36,37,38,39,40);4-12H2,1-3H3/p+1. The molecule has 9 nitrogen and oxygen atoms in total. The molecule has 1 aromatic heterocycles. The molecule has 0 spiro atoms. The van der Waals surface area contributed by atoms with Crippen molar-refractivity contribution in [1.29, 1.82) is 0 Å². The number of allylic oxidation sites excluding steroid dienone is 2.